The summed E-state index contributed by atoms with van der Waals surface area (Å²) in [5, 5.41) is 7.20. The van der Waals surface area contributed by atoms with E-state index < -0.39 is 0 Å². The SMILES string of the molecule is CCN(Cc1ccco1)C(=O)NC[C@H](c1ccsc1)N(C)C. The van der Waals surface area contributed by atoms with Gasteiger partial charge in [-0.15, -0.1) is 0 Å². The van der Waals surface area contributed by atoms with E-state index in [0.717, 1.165) is 5.76 Å². The van der Waals surface area contributed by atoms with Crippen LogP contribution in [0.2, 0.25) is 0 Å². The summed E-state index contributed by atoms with van der Waals surface area (Å²) in [6.45, 7) is 3.67. The van der Waals surface area contributed by atoms with Crippen molar-refractivity contribution in [3.8, 4) is 0 Å². The summed E-state index contributed by atoms with van der Waals surface area (Å²) in [4.78, 5) is 16.2. The molecule has 120 valence electrons. The van der Waals surface area contributed by atoms with Crippen LogP contribution in [0.3, 0.4) is 0 Å². The van der Waals surface area contributed by atoms with E-state index in [9.17, 15) is 4.79 Å². The lowest BCUT2D eigenvalue weighted by molar-refractivity contribution is 0.188. The third-order valence-electron chi connectivity index (χ3n) is 3.59. The molecule has 2 rings (SSSR count). The fourth-order valence-electron chi connectivity index (χ4n) is 2.28. The average Bonchev–Trinajstić information content (AvgIpc) is 3.18. The Morgan fingerprint density at radius 1 is 1.41 bits per heavy atom. The van der Waals surface area contributed by atoms with E-state index in [1.807, 2.05) is 33.2 Å². The van der Waals surface area contributed by atoms with E-state index >= 15 is 0 Å². The average molecular weight is 321 g/mol. The van der Waals surface area contributed by atoms with Gasteiger partial charge >= 0.3 is 6.03 Å². The normalized spacial score (nSPS) is 12.4. The topological polar surface area (TPSA) is 48.7 Å². The fraction of sp³-hybridized carbons (Fsp3) is 0.438. The van der Waals surface area contributed by atoms with Gasteiger partial charge in [0.25, 0.3) is 0 Å². The maximum absolute atomic E-state index is 12.4. The van der Waals surface area contributed by atoms with Crippen LogP contribution in [0.15, 0.2) is 39.6 Å². The van der Waals surface area contributed by atoms with Gasteiger partial charge in [0.15, 0.2) is 0 Å². The molecule has 0 unspecified atom stereocenters. The number of likely N-dealkylation sites (N-methyl/N-ethyl adjacent to an activating group) is 1. The quantitative estimate of drug-likeness (QED) is 0.852. The molecule has 0 saturated carbocycles. The molecule has 0 bridgehead atoms. The van der Waals surface area contributed by atoms with Crippen LogP contribution in [-0.4, -0.2) is 43.0 Å². The lowest BCUT2D eigenvalue weighted by Crippen LogP contribution is -2.42. The van der Waals surface area contributed by atoms with Crippen LogP contribution in [-0.2, 0) is 6.54 Å². The lowest BCUT2D eigenvalue weighted by Gasteiger charge is -2.26. The Balaban J connectivity index is 1.92. The highest BCUT2D eigenvalue weighted by Crippen LogP contribution is 2.20. The first-order valence-corrected chi connectivity index (χ1v) is 8.29. The summed E-state index contributed by atoms with van der Waals surface area (Å²) in [5.41, 5.74) is 1.23. The minimum Gasteiger partial charge on any atom is -0.467 e. The third-order valence-corrected chi connectivity index (χ3v) is 4.30. The predicted octanol–water partition coefficient (Wildman–Crippen LogP) is 3.18. The van der Waals surface area contributed by atoms with Crippen molar-refractivity contribution in [1.82, 2.24) is 15.1 Å². The molecule has 2 aromatic rings. The Labute approximate surface area is 135 Å². The van der Waals surface area contributed by atoms with Gasteiger partial charge in [-0.2, -0.15) is 11.3 Å². The summed E-state index contributed by atoms with van der Waals surface area (Å²) in [6, 6.07) is 5.92. The zero-order valence-electron chi connectivity index (χ0n) is 13.3. The molecule has 0 radical (unpaired) electrons. The highest BCUT2D eigenvalue weighted by molar-refractivity contribution is 7.07. The number of carbonyl (C=O) groups excluding carboxylic acids is 1. The minimum atomic E-state index is -0.0685. The molecule has 0 fully saturated rings. The second-order valence-electron chi connectivity index (χ2n) is 5.32. The van der Waals surface area contributed by atoms with Crippen LogP contribution in [0.5, 0.6) is 0 Å². The fourth-order valence-corrected chi connectivity index (χ4v) is 2.98. The molecule has 22 heavy (non-hydrogen) atoms. The van der Waals surface area contributed by atoms with E-state index in [-0.39, 0.29) is 12.1 Å². The number of nitrogens with one attached hydrogen (secondary N) is 1. The summed E-state index contributed by atoms with van der Waals surface area (Å²) in [6.07, 6.45) is 1.62. The molecule has 2 heterocycles. The smallest absolute Gasteiger partial charge is 0.317 e. The Morgan fingerprint density at radius 2 is 2.23 bits per heavy atom. The molecule has 0 aliphatic rings. The molecular formula is C16H23N3O2S. The Kier molecular flexibility index (Phi) is 6.03. The molecule has 0 aliphatic heterocycles. The molecule has 1 atom stereocenters. The van der Waals surface area contributed by atoms with E-state index in [0.29, 0.717) is 19.6 Å². The summed E-state index contributed by atoms with van der Waals surface area (Å²) in [7, 11) is 4.05. The first-order valence-electron chi connectivity index (χ1n) is 7.35. The molecule has 0 saturated heterocycles. The van der Waals surface area contributed by atoms with Crippen molar-refractivity contribution in [1.29, 1.82) is 0 Å². The number of furan rings is 1. The third kappa shape index (κ3) is 4.35. The second-order valence-corrected chi connectivity index (χ2v) is 6.10. The van der Waals surface area contributed by atoms with Crippen LogP contribution in [0.4, 0.5) is 4.79 Å². The maximum atomic E-state index is 12.4. The number of hydrogen-bond donors (Lipinski definition) is 1. The Hall–Kier alpha value is -1.79. The number of amides is 2. The monoisotopic (exact) mass is 321 g/mol. The van der Waals surface area contributed by atoms with Gasteiger partial charge in [-0.3, -0.25) is 0 Å². The zero-order chi connectivity index (χ0) is 15.9. The molecule has 1 N–H and O–H groups in total. The van der Waals surface area contributed by atoms with Gasteiger partial charge in [-0.1, -0.05) is 0 Å². The summed E-state index contributed by atoms with van der Waals surface area (Å²) >= 11 is 1.67. The van der Waals surface area contributed by atoms with E-state index in [1.165, 1.54) is 5.56 Å². The van der Waals surface area contributed by atoms with Gasteiger partial charge in [0.1, 0.15) is 5.76 Å². The Bertz CT molecular complexity index is 552. The van der Waals surface area contributed by atoms with Crippen molar-refractivity contribution in [3.05, 3.63) is 46.5 Å². The number of rotatable bonds is 7. The van der Waals surface area contributed by atoms with Gasteiger partial charge in [-0.05, 0) is 55.5 Å². The van der Waals surface area contributed by atoms with Crippen LogP contribution < -0.4 is 5.32 Å². The van der Waals surface area contributed by atoms with Crippen molar-refractivity contribution in [2.24, 2.45) is 0 Å². The van der Waals surface area contributed by atoms with Crippen LogP contribution in [0.1, 0.15) is 24.3 Å². The molecule has 2 amide bonds. The van der Waals surface area contributed by atoms with Gasteiger partial charge < -0.3 is 19.5 Å². The van der Waals surface area contributed by atoms with Crippen LogP contribution in [0.25, 0.3) is 0 Å². The molecule has 6 heteroatoms. The largest absolute Gasteiger partial charge is 0.467 e. The minimum absolute atomic E-state index is 0.0685. The number of thiophene rings is 1. The van der Waals surface area contributed by atoms with E-state index in [1.54, 1.807) is 22.5 Å². The van der Waals surface area contributed by atoms with Crippen molar-refractivity contribution in [2.45, 2.75) is 19.5 Å². The highest BCUT2D eigenvalue weighted by atomic mass is 32.1. The number of nitrogens with zero attached hydrogens (tertiary/aromatic N) is 2. The van der Waals surface area contributed by atoms with Gasteiger partial charge in [0.05, 0.1) is 18.8 Å². The summed E-state index contributed by atoms with van der Waals surface area (Å²) < 4.78 is 5.31. The molecule has 2 aromatic heterocycles. The van der Waals surface area contributed by atoms with Crippen LogP contribution in [0, 0.1) is 0 Å². The second kappa shape index (κ2) is 8.00. The van der Waals surface area contributed by atoms with Crippen LogP contribution >= 0.6 is 11.3 Å². The Morgan fingerprint density at radius 3 is 2.77 bits per heavy atom. The van der Waals surface area contributed by atoms with E-state index in [4.69, 9.17) is 4.42 Å². The number of hydrogen-bond acceptors (Lipinski definition) is 4. The highest BCUT2D eigenvalue weighted by Gasteiger charge is 2.18. The first kappa shape index (κ1) is 16.6. The van der Waals surface area contributed by atoms with E-state index in [2.05, 4.69) is 27.0 Å². The predicted molar refractivity (Wildman–Crippen MR) is 88.9 cm³/mol. The van der Waals surface area contributed by atoms with Gasteiger partial charge in [-0.25, -0.2) is 4.79 Å². The lowest BCUT2D eigenvalue weighted by atomic mass is 10.1. The van der Waals surface area contributed by atoms with Crippen molar-refractivity contribution in [2.75, 3.05) is 27.2 Å². The standard InChI is InChI=1S/C16H23N3O2S/c1-4-19(11-14-6-5-8-21-14)16(20)17-10-15(18(2)3)13-7-9-22-12-13/h5-9,12,15H,4,10-11H2,1-3H3,(H,17,20)/t15-/m1/s1. The van der Waals surface area contributed by atoms with Gasteiger partial charge in [0.2, 0.25) is 0 Å². The molecular weight excluding hydrogens is 298 g/mol. The molecule has 0 aliphatic carbocycles. The molecule has 0 aromatic carbocycles. The molecule has 5 nitrogen and oxygen atoms in total. The van der Waals surface area contributed by atoms with Crippen molar-refractivity contribution in [3.63, 3.8) is 0 Å². The molecule has 0 spiro atoms. The number of urea groups is 1. The summed E-state index contributed by atoms with van der Waals surface area (Å²) in [5.74, 6) is 0.791. The van der Waals surface area contributed by atoms with Crippen molar-refractivity contribution < 1.29 is 9.21 Å². The van der Waals surface area contributed by atoms with Crippen molar-refractivity contribution >= 4 is 17.4 Å². The first-order chi connectivity index (χ1) is 10.6. The zero-order valence-corrected chi connectivity index (χ0v) is 14.1. The van der Waals surface area contributed by atoms with Gasteiger partial charge in [0, 0.05) is 13.1 Å². The maximum Gasteiger partial charge on any atom is 0.317 e. The number of carbonyl (C=O) groups is 1.